The molecule has 2 saturated heterocycles. The lowest BCUT2D eigenvalue weighted by atomic mass is 10.1. The molecule has 2 fully saturated rings. The third kappa shape index (κ3) is 3.19. The molecule has 2 N–H and O–H groups in total. The normalized spacial score (nSPS) is 26.4. The largest absolute Gasteiger partial charge is 0.371 e. The van der Waals surface area contributed by atoms with E-state index in [0.29, 0.717) is 11.6 Å². The lowest BCUT2D eigenvalue weighted by Gasteiger charge is -2.35. The van der Waals surface area contributed by atoms with E-state index < -0.39 is 0 Å². The smallest absolute Gasteiger partial charge is 0.255 e. The summed E-state index contributed by atoms with van der Waals surface area (Å²) in [5.41, 5.74) is 3.46. The van der Waals surface area contributed by atoms with Gasteiger partial charge in [-0.25, -0.2) is 0 Å². The molecule has 1 aromatic heterocycles. The minimum Gasteiger partial charge on any atom is -0.371 e. The Hall–Kier alpha value is -2.18. The highest BCUT2D eigenvalue weighted by atomic mass is 16.5. The second kappa shape index (κ2) is 6.61. The van der Waals surface area contributed by atoms with Crippen molar-refractivity contribution in [2.24, 2.45) is 0 Å². The van der Waals surface area contributed by atoms with Crippen molar-refractivity contribution in [2.45, 2.75) is 38.5 Å². The summed E-state index contributed by atoms with van der Waals surface area (Å²) >= 11 is 0. The first-order valence-electron chi connectivity index (χ1n) is 8.85. The summed E-state index contributed by atoms with van der Waals surface area (Å²) in [4.78, 5) is 15.0. The number of carbonyl (C=O) groups excluding carboxylic acids is 1. The van der Waals surface area contributed by atoms with Crippen LogP contribution >= 0.6 is 0 Å². The maximum atomic E-state index is 12.6. The fraction of sp³-hybridized carbons (Fsp3) is 0.474. The molecule has 4 rings (SSSR count). The van der Waals surface area contributed by atoms with Crippen LogP contribution in [0.5, 0.6) is 0 Å². The van der Waals surface area contributed by atoms with Gasteiger partial charge in [-0.1, -0.05) is 30.3 Å². The average molecular weight is 340 g/mol. The molecule has 6 nitrogen and oxygen atoms in total. The first-order chi connectivity index (χ1) is 12.1. The number of benzene rings is 1. The monoisotopic (exact) mass is 340 g/mol. The van der Waals surface area contributed by atoms with Gasteiger partial charge in [0.1, 0.15) is 0 Å². The first kappa shape index (κ1) is 16.3. The number of hydrogen-bond donors (Lipinski definition) is 2. The SMILES string of the molecule is Cc1n[nH]c(C)c1C(=O)N[C@@H]1C[C@H]2CO[C@@H](c3ccccc3)CN2C1. The van der Waals surface area contributed by atoms with E-state index in [1.54, 1.807) is 0 Å². The Kier molecular flexibility index (Phi) is 4.31. The number of fused-ring (bicyclic) bond motifs is 1. The van der Waals surface area contributed by atoms with Gasteiger partial charge < -0.3 is 10.1 Å². The van der Waals surface area contributed by atoms with E-state index in [4.69, 9.17) is 4.74 Å². The fourth-order valence-corrected chi connectivity index (χ4v) is 3.99. The number of aromatic nitrogens is 2. The van der Waals surface area contributed by atoms with Gasteiger partial charge in [0.2, 0.25) is 0 Å². The minimum absolute atomic E-state index is 0.0332. The molecule has 1 aromatic carbocycles. The summed E-state index contributed by atoms with van der Waals surface area (Å²) in [7, 11) is 0. The quantitative estimate of drug-likeness (QED) is 0.896. The molecule has 2 aliphatic rings. The van der Waals surface area contributed by atoms with E-state index in [9.17, 15) is 4.79 Å². The number of ether oxygens (including phenoxy) is 1. The van der Waals surface area contributed by atoms with Crippen molar-refractivity contribution in [1.29, 1.82) is 0 Å². The van der Waals surface area contributed by atoms with Crippen LogP contribution in [0.4, 0.5) is 0 Å². The van der Waals surface area contributed by atoms with Crippen LogP contribution in [-0.4, -0.2) is 52.8 Å². The Labute approximate surface area is 147 Å². The van der Waals surface area contributed by atoms with Gasteiger partial charge in [-0.15, -0.1) is 0 Å². The zero-order valence-corrected chi connectivity index (χ0v) is 14.7. The lowest BCUT2D eigenvalue weighted by Crippen LogP contribution is -2.43. The molecule has 3 atom stereocenters. The van der Waals surface area contributed by atoms with Crippen molar-refractivity contribution in [2.75, 3.05) is 19.7 Å². The predicted octanol–water partition coefficient (Wildman–Crippen LogP) is 1.97. The van der Waals surface area contributed by atoms with Gasteiger partial charge in [0.15, 0.2) is 0 Å². The Bertz CT molecular complexity index is 739. The summed E-state index contributed by atoms with van der Waals surface area (Å²) in [6.45, 7) is 6.21. The molecule has 0 unspecified atom stereocenters. The Morgan fingerprint density at radius 2 is 2.08 bits per heavy atom. The number of morpholine rings is 1. The Morgan fingerprint density at radius 1 is 1.28 bits per heavy atom. The van der Waals surface area contributed by atoms with Crippen LogP contribution in [-0.2, 0) is 4.74 Å². The van der Waals surface area contributed by atoms with E-state index in [1.807, 2.05) is 32.0 Å². The fourth-order valence-electron chi connectivity index (χ4n) is 3.99. The standard InChI is InChI=1S/C19H24N4O2/c1-12-18(13(2)22-21-12)19(24)20-15-8-16-11-25-17(10-23(16)9-15)14-6-4-3-5-7-14/h3-7,15-17H,8-11H2,1-2H3,(H,20,24)(H,21,22)/t15-,16+,17-/m1/s1. The van der Waals surface area contributed by atoms with Gasteiger partial charge in [0, 0.05) is 30.9 Å². The molecule has 3 heterocycles. The highest BCUT2D eigenvalue weighted by Gasteiger charge is 2.38. The number of nitrogens with zero attached hydrogens (tertiary/aromatic N) is 2. The van der Waals surface area contributed by atoms with Crippen molar-refractivity contribution in [3.8, 4) is 0 Å². The van der Waals surface area contributed by atoms with Crippen molar-refractivity contribution in [1.82, 2.24) is 20.4 Å². The lowest BCUT2D eigenvalue weighted by molar-refractivity contribution is -0.0502. The molecule has 1 amide bonds. The zero-order chi connectivity index (χ0) is 17.4. The maximum Gasteiger partial charge on any atom is 0.255 e. The van der Waals surface area contributed by atoms with Gasteiger partial charge >= 0.3 is 0 Å². The Balaban J connectivity index is 1.39. The molecule has 132 valence electrons. The molecule has 0 radical (unpaired) electrons. The molecule has 0 bridgehead atoms. The van der Waals surface area contributed by atoms with Crippen LogP contribution in [0.2, 0.25) is 0 Å². The molecular formula is C19H24N4O2. The molecule has 0 spiro atoms. The van der Waals surface area contributed by atoms with E-state index >= 15 is 0 Å². The second-order valence-electron chi connectivity index (χ2n) is 7.06. The molecule has 25 heavy (non-hydrogen) atoms. The van der Waals surface area contributed by atoms with Gasteiger partial charge in [-0.3, -0.25) is 14.8 Å². The summed E-state index contributed by atoms with van der Waals surface area (Å²) in [6.07, 6.45) is 1.05. The van der Waals surface area contributed by atoms with Crippen LogP contribution < -0.4 is 5.32 Å². The van der Waals surface area contributed by atoms with Gasteiger partial charge in [0.25, 0.3) is 5.91 Å². The number of nitrogens with one attached hydrogen (secondary N) is 2. The minimum atomic E-state index is -0.0332. The predicted molar refractivity (Wildman–Crippen MR) is 94.4 cm³/mol. The summed E-state index contributed by atoms with van der Waals surface area (Å²) in [6, 6.07) is 10.9. The number of aromatic amines is 1. The maximum absolute atomic E-state index is 12.6. The van der Waals surface area contributed by atoms with Crippen LogP contribution in [0.1, 0.15) is 39.8 Å². The molecule has 6 heteroatoms. The number of carbonyl (C=O) groups is 1. The van der Waals surface area contributed by atoms with E-state index in [-0.39, 0.29) is 18.1 Å². The van der Waals surface area contributed by atoms with Crippen molar-refractivity contribution in [3.05, 3.63) is 52.8 Å². The number of hydrogen-bond acceptors (Lipinski definition) is 4. The van der Waals surface area contributed by atoms with Crippen molar-refractivity contribution >= 4 is 5.91 Å². The highest BCUT2D eigenvalue weighted by Crippen LogP contribution is 2.30. The number of H-pyrrole nitrogens is 1. The third-order valence-electron chi connectivity index (χ3n) is 5.28. The molecular weight excluding hydrogens is 316 g/mol. The highest BCUT2D eigenvalue weighted by molar-refractivity contribution is 5.96. The summed E-state index contributed by atoms with van der Waals surface area (Å²) in [5.74, 6) is -0.0332. The van der Waals surface area contributed by atoms with E-state index in [0.717, 1.165) is 37.5 Å². The first-order valence-corrected chi connectivity index (χ1v) is 8.85. The summed E-state index contributed by atoms with van der Waals surface area (Å²) in [5, 5.41) is 10.2. The Morgan fingerprint density at radius 3 is 2.80 bits per heavy atom. The number of rotatable bonds is 3. The number of amides is 1. The number of aryl methyl sites for hydroxylation is 2. The second-order valence-corrected chi connectivity index (χ2v) is 7.06. The van der Waals surface area contributed by atoms with Crippen LogP contribution in [0.25, 0.3) is 0 Å². The van der Waals surface area contributed by atoms with E-state index in [2.05, 4.69) is 32.5 Å². The van der Waals surface area contributed by atoms with Crippen molar-refractivity contribution in [3.63, 3.8) is 0 Å². The topological polar surface area (TPSA) is 70.2 Å². The zero-order valence-electron chi connectivity index (χ0n) is 14.7. The van der Waals surface area contributed by atoms with Gasteiger partial charge in [-0.05, 0) is 25.8 Å². The van der Waals surface area contributed by atoms with Crippen LogP contribution in [0.3, 0.4) is 0 Å². The molecule has 0 aliphatic carbocycles. The molecule has 2 aromatic rings. The van der Waals surface area contributed by atoms with Gasteiger partial charge in [-0.2, -0.15) is 5.10 Å². The molecule has 2 aliphatic heterocycles. The molecule has 0 saturated carbocycles. The van der Waals surface area contributed by atoms with Crippen molar-refractivity contribution < 1.29 is 9.53 Å². The van der Waals surface area contributed by atoms with Gasteiger partial charge in [0.05, 0.1) is 24.0 Å². The average Bonchev–Trinajstić information content (AvgIpc) is 3.17. The summed E-state index contributed by atoms with van der Waals surface area (Å²) < 4.78 is 6.07. The third-order valence-corrected chi connectivity index (χ3v) is 5.28. The van der Waals surface area contributed by atoms with Crippen LogP contribution in [0.15, 0.2) is 30.3 Å². The van der Waals surface area contributed by atoms with Crippen LogP contribution in [0, 0.1) is 13.8 Å². The van der Waals surface area contributed by atoms with E-state index in [1.165, 1.54) is 5.56 Å².